The number of unbranched alkanes of at least 4 members (excludes halogenated alkanes) is 6. The van der Waals surface area contributed by atoms with Gasteiger partial charge in [0.15, 0.2) is 5.78 Å². The number of carbonyl (C=O) groups is 1. The largest absolute Gasteiger partial charge is 0.294 e. The van der Waals surface area contributed by atoms with Gasteiger partial charge in [-0.3, -0.25) is 4.79 Å². The van der Waals surface area contributed by atoms with Gasteiger partial charge in [-0.2, -0.15) is 10.2 Å². The first-order valence-corrected chi connectivity index (χ1v) is 6.64. The minimum absolute atomic E-state index is 0.188. The molecule has 94 valence electrons. The van der Waals surface area contributed by atoms with E-state index >= 15 is 0 Å². The second-order valence-corrected chi connectivity index (χ2v) is 4.43. The Kier molecular flexibility index (Phi) is 7.19. The molecule has 0 aromatic carbocycles. The molecule has 1 aromatic heterocycles. The van der Waals surface area contributed by atoms with Crippen LogP contribution < -0.4 is 0 Å². The third kappa shape index (κ3) is 6.15. The van der Waals surface area contributed by atoms with Crippen molar-refractivity contribution < 1.29 is 4.79 Å². The van der Waals surface area contributed by atoms with Crippen LogP contribution in [0, 0.1) is 0 Å². The maximum Gasteiger partial charge on any atom is 0.164 e. The van der Waals surface area contributed by atoms with E-state index in [2.05, 4.69) is 17.1 Å². The maximum absolute atomic E-state index is 11.7. The molecule has 0 saturated heterocycles. The molecular weight excluding hydrogens is 212 g/mol. The van der Waals surface area contributed by atoms with Gasteiger partial charge in [0.05, 0.1) is 12.4 Å². The van der Waals surface area contributed by atoms with E-state index in [1.165, 1.54) is 32.1 Å². The summed E-state index contributed by atoms with van der Waals surface area (Å²) in [6, 6.07) is 1.73. The lowest BCUT2D eigenvalue weighted by Crippen LogP contribution is -1.99. The van der Waals surface area contributed by atoms with E-state index in [1.54, 1.807) is 18.5 Å². The molecule has 17 heavy (non-hydrogen) atoms. The average Bonchev–Trinajstić information content (AvgIpc) is 2.38. The fourth-order valence-corrected chi connectivity index (χ4v) is 1.84. The van der Waals surface area contributed by atoms with Crippen LogP contribution in [-0.2, 0) is 0 Å². The van der Waals surface area contributed by atoms with Crippen molar-refractivity contribution >= 4 is 5.78 Å². The fraction of sp³-hybridized carbons (Fsp3) is 0.643. The predicted molar refractivity (Wildman–Crippen MR) is 69.0 cm³/mol. The van der Waals surface area contributed by atoms with E-state index in [1.807, 2.05) is 0 Å². The number of Topliss-reactive ketones (excluding diaryl/α,β-unsaturated/α-hetero) is 1. The highest BCUT2D eigenvalue weighted by Gasteiger charge is 2.04. The summed E-state index contributed by atoms with van der Waals surface area (Å²) in [5, 5.41) is 7.38. The minimum Gasteiger partial charge on any atom is -0.294 e. The zero-order valence-corrected chi connectivity index (χ0v) is 10.7. The van der Waals surface area contributed by atoms with Gasteiger partial charge in [0.1, 0.15) is 0 Å². The van der Waals surface area contributed by atoms with Crippen molar-refractivity contribution in [3.8, 4) is 0 Å². The molecule has 0 aliphatic heterocycles. The van der Waals surface area contributed by atoms with E-state index < -0.39 is 0 Å². The standard InChI is InChI=1S/C14H22N2O/c1-2-3-4-5-6-7-8-9-14(17)13-10-11-15-16-12-13/h10-12H,2-9H2,1H3. The molecule has 1 heterocycles. The van der Waals surface area contributed by atoms with Gasteiger partial charge in [-0.15, -0.1) is 0 Å². The van der Waals surface area contributed by atoms with Gasteiger partial charge in [-0.25, -0.2) is 0 Å². The van der Waals surface area contributed by atoms with E-state index in [9.17, 15) is 4.79 Å². The molecular formula is C14H22N2O. The molecule has 0 aliphatic rings. The number of hydrogen-bond acceptors (Lipinski definition) is 3. The number of aromatic nitrogens is 2. The van der Waals surface area contributed by atoms with Crippen molar-refractivity contribution in [1.29, 1.82) is 0 Å². The fourth-order valence-electron chi connectivity index (χ4n) is 1.84. The molecule has 0 atom stereocenters. The summed E-state index contributed by atoms with van der Waals surface area (Å²) in [7, 11) is 0. The van der Waals surface area contributed by atoms with E-state index in [0.29, 0.717) is 12.0 Å². The number of nitrogens with zero attached hydrogens (tertiary/aromatic N) is 2. The molecule has 3 heteroatoms. The van der Waals surface area contributed by atoms with Gasteiger partial charge in [0, 0.05) is 12.0 Å². The predicted octanol–water partition coefficient (Wildman–Crippen LogP) is 3.80. The number of rotatable bonds is 9. The van der Waals surface area contributed by atoms with Crippen LogP contribution in [0.5, 0.6) is 0 Å². The molecule has 0 aliphatic carbocycles. The molecule has 0 amide bonds. The third-order valence-corrected chi connectivity index (χ3v) is 2.91. The normalized spacial score (nSPS) is 10.4. The quantitative estimate of drug-likeness (QED) is 0.482. The second-order valence-electron chi connectivity index (χ2n) is 4.43. The zero-order chi connectivity index (χ0) is 12.3. The average molecular weight is 234 g/mol. The smallest absolute Gasteiger partial charge is 0.164 e. The van der Waals surface area contributed by atoms with Crippen molar-refractivity contribution in [3.05, 3.63) is 24.0 Å². The van der Waals surface area contributed by atoms with Crippen LogP contribution in [0.15, 0.2) is 18.5 Å². The summed E-state index contributed by atoms with van der Waals surface area (Å²) in [5.74, 6) is 0.188. The van der Waals surface area contributed by atoms with Crippen molar-refractivity contribution in [3.63, 3.8) is 0 Å². The van der Waals surface area contributed by atoms with E-state index in [0.717, 1.165) is 12.8 Å². The summed E-state index contributed by atoms with van der Waals surface area (Å²) in [5.41, 5.74) is 0.686. The Morgan fingerprint density at radius 2 is 1.76 bits per heavy atom. The summed E-state index contributed by atoms with van der Waals surface area (Å²) in [6.07, 6.45) is 12.4. The Morgan fingerprint density at radius 3 is 2.41 bits per heavy atom. The molecule has 3 nitrogen and oxygen atoms in total. The summed E-state index contributed by atoms with van der Waals surface area (Å²) >= 11 is 0. The maximum atomic E-state index is 11.7. The monoisotopic (exact) mass is 234 g/mol. The van der Waals surface area contributed by atoms with Crippen LogP contribution in [-0.4, -0.2) is 16.0 Å². The van der Waals surface area contributed by atoms with Gasteiger partial charge < -0.3 is 0 Å². The molecule has 0 radical (unpaired) electrons. The van der Waals surface area contributed by atoms with E-state index in [-0.39, 0.29) is 5.78 Å². The van der Waals surface area contributed by atoms with Crippen LogP contribution >= 0.6 is 0 Å². The van der Waals surface area contributed by atoms with Gasteiger partial charge in [-0.05, 0) is 12.5 Å². The zero-order valence-electron chi connectivity index (χ0n) is 10.7. The van der Waals surface area contributed by atoms with Crippen molar-refractivity contribution in [2.24, 2.45) is 0 Å². The molecule has 0 fully saturated rings. The topological polar surface area (TPSA) is 42.9 Å². The molecule has 0 bridgehead atoms. The molecule has 0 saturated carbocycles. The first-order valence-electron chi connectivity index (χ1n) is 6.64. The lowest BCUT2D eigenvalue weighted by molar-refractivity contribution is 0.0978. The van der Waals surface area contributed by atoms with Crippen LogP contribution in [0.4, 0.5) is 0 Å². The summed E-state index contributed by atoms with van der Waals surface area (Å²) in [4.78, 5) is 11.7. The Hall–Kier alpha value is -1.25. The summed E-state index contributed by atoms with van der Waals surface area (Å²) in [6.45, 7) is 2.22. The molecule has 1 aromatic rings. The first-order chi connectivity index (χ1) is 8.34. The van der Waals surface area contributed by atoms with Gasteiger partial charge >= 0.3 is 0 Å². The highest BCUT2D eigenvalue weighted by molar-refractivity contribution is 5.95. The third-order valence-electron chi connectivity index (χ3n) is 2.91. The Bertz CT molecular complexity index is 311. The lowest BCUT2D eigenvalue weighted by Gasteiger charge is -2.01. The first kappa shape index (κ1) is 13.8. The molecule has 1 rings (SSSR count). The van der Waals surface area contributed by atoms with Gasteiger partial charge in [0.25, 0.3) is 0 Å². The molecule has 0 spiro atoms. The second kappa shape index (κ2) is 8.85. The van der Waals surface area contributed by atoms with E-state index in [4.69, 9.17) is 0 Å². The van der Waals surface area contributed by atoms with Crippen molar-refractivity contribution in [1.82, 2.24) is 10.2 Å². The van der Waals surface area contributed by atoms with Crippen LogP contribution in [0.2, 0.25) is 0 Å². The highest BCUT2D eigenvalue weighted by atomic mass is 16.1. The van der Waals surface area contributed by atoms with Crippen molar-refractivity contribution in [2.45, 2.75) is 58.3 Å². The van der Waals surface area contributed by atoms with Gasteiger partial charge in [0.2, 0.25) is 0 Å². The van der Waals surface area contributed by atoms with Crippen LogP contribution in [0.1, 0.15) is 68.6 Å². The Balaban J connectivity index is 2.05. The lowest BCUT2D eigenvalue weighted by atomic mass is 10.0. The number of carbonyl (C=O) groups excluding carboxylic acids is 1. The molecule has 0 unspecified atom stereocenters. The van der Waals surface area contributed by atoms with Crippen LogP contribution in [0.25, 0.3) is 0 Å². The highest BCUT2D eigenvalue weighted by Crippen LogP contribution is 2.10. The summed E-state index contributed by atoms with van der Waals surface area (Å²) < 4.78 is 0. The Labute approximate surface area is 104 Å². The SMILES string of the molecule is CCCCCCCCCC(=O)c1ccnnc1. The number of ketones is 1. The van der Waals surface area contributed by atoms with Gasteiger partial charge in [-0.1, -0.05) is 45.4 Å². The molecule has 0 N–H and O–H groups in total. The van der Waals surface area contributed by atoms with Crippen LogP contribution in [0.3, 0.4) is 0 Å². The Morgan fingerprint density at radius 1 is 1.06 bits per heavy atom. The van der Waals surface area contributed by atoms with Crippen molar-refractivity contribution in [2.75, 3.05) is 0 Å². The minimum atomic E-state index is 0.188. The number of hydrogen-bond donors (Lipinski definition) is 0.